The Balaban J connectivity index is 1.54. The highest BCUT2D eigenvalue weighted by Crippen LogP contribution is 2.44. The number of rotatable bonds is 5. The SMILES string of the molecule is Cn1c[n+]([C@H]2C[C@H](O)[C@@H](COP(=O)(O)n3ccnc3)O2)c2nc(N)[nH]c(=O)c21. The summed E-state index contributed by atoms with van der Waals surface area (Å²) in [6.45, 7) is -0.314. The highest BCUT2D eigenvalue weighted by Gasteiger charge is 2.40. The average molecular weight is 412 g/mol. The predicted octanol–water partition coefficient (Wildman–Crippen LogP) is -1.36. The van der Waals surface area contributed by atoms with Crippen LogP contribution >= 0.6 is 7.75 Å². The van der Waals surface area contributed by atoms with Crippen molar-refractivity contribution in [3.63, 3.8) is 0 Å². The number of nitrogen functional groups attached to an aromatic ring is 1. The maximum Gasteiger partial charge on any atom is 0.437 e. The average Bonchev–Trinajstić information content (AvgIpc) is 3.33. The van der Waals surface area contributed by atoms with Gasteiger partial charge in [-0.25, -0.2) is 18.5 Å². The van der Waals surface area contributed by atoms with Crippen molar-refractivity contribution in [3.8, 4) is 0 Å². The number of aryl methyl sites for hydroxylation is 1. The van der Waals surface area contributed by atoms with E-state index in [1.54, 1.807) is 22.5 Å². The molecule has 1 aliphatic rings. The second-order valence-corrected chi connectivity index (χ2v) is 8.12. The zero-order valence-corrected chi connectivity index (χ0v) is 15.6. The highest BCUT2D eigenvalue weighted by molar-refractivity contribution is 7.51. The van der Waals surface area contributed by atoms with E-state index in [2.05, 4.69) is 15.0 Å². The van der Waals surface area contributed by atoms with Gasteiger partial charge in [-0.1, -0.05) is 4.98 Å². The molecule has 0 radical (unpaired) electrons. The monoisotopic (exact) mass is 412 g/mol. The fourth-order valence-corrected chi connectivity index (χ4v) is 4.05. The van der Waals surface area contributed by atoms with E-state index in [4.69, 9.17) is 15.0 Å². The van der Waals surface area contributed by atoms with Gasteiger partial charge in [-0.3, -0.25) is 18.9 Å². The number of anilines is 1. The van der Waals surface area contributed by atoms with Crippen LogP contribution in [-0.4, -0.2) is 52.7 Å². The third-order valence-corrected chi connectivity index (χ3v) is 5.80. The summed E-state index contributed by atoms with van der Waals surface area (Å²) in [5, 5.41) is 10.3. The first-order chi connectivity index (χ1) is 13.3. The van der Waals surface area contributed by atoms with Crippen LogP contribution in [0.2, 0.25) is 0 Å². The summed E-state index contributed by atoms with van der Waals surface area (Å²) in [6.07, 6.45) is 3.13. The smallest absolute Gasteiger partial charge is 0.390 e. The van der Waals surface area contributed by atoms with Gasteiger partial charge in [-0.2, -0.15) is 0 Å². The Hall–Kier alpha value is -2.57. The van der Waals surface area contributed by atoms with E-state index in [9.17, 15) is 19.4 Å². The maximum atomic E-state index is 12.2. The molecule has 4 heterocycles. The van der Waals surface area contributed by atoms with Crippen molar-refractivity contribution >= 4 is 24.9 Å². The first-order valence-electron chi connectivity index (χ1n) is 8.32. The number of nitrogens with two attached hydrogens (primary N) is 1. The molecule has 5 N–H and O–H groups in total. The number of nitrogens with one attached hydrogen (secondary N) is 1. The summed E-state index contributed by atoms with van der Waals surface area (Å²) in [4.78, 5) is 32.3. The number of nitrogens with zero attached hydrogens (tertiary/aromatic N) is 5. The minimum Gasteiger partial charge on any atom is -0.390 e. The van der Waals surface area contributed by atoms with Crippen LogP contribution in [0.3, 0.4) is 0 Å². The molecule has 13 nitrogen and oxygen atoms in total. The van der Waals surface area contributed by atoms with Crippen LogP contribution < -0.4 is 15.9 Å². The molecule has 0 aromatic carbocycles. The number of imidazole rings is 2. The van der Waals surface area contributed by atoms with Crippen molar-refractivity contribution < 1.29 is 28.4 Å². The van der Waals surface area contributed by atoms with Gasteiger partial charge in [-0.15, -0.1) is 0 Å². The summed E-state index contributed by atoms with van der Waals surface area (Å²) in [6, 6.07) is 0. The highest BCUT2D eigenvalue weighted by atomic mass is 31.2. The van der Waals surface area contributed by atoms with E-state index < -0.39 is 31.7 Å². The number of aliphatic hydroxyl groups excluding tert-OH is 1. The molecule has 1 aliphatic heterocycles. The van der Waals surface area contributed by atoms with Crippen molar-refractivity contribution in [2.45, 2.75) is 24.9 Å². The van der Waals surface area contributed by atoms with Crippen LogP contribution in [0.1, 0.15) is 12.6 Å². The predicted molar refractivity (Wildman–Crippen MR) is 93.9 cm³/mol. The summed E-state index contributed by atoms with van der Waals surface area (Å²) in [7, 11) is -2.47. The van der Waals surface area contributed by atoms with Crippen molar-refractivity contribution in [1.29, 1.82) is 0 Å². The molecule has 4 atom stereocenters. The van der Waals surface area contributed by atoms with E-state index >= 15 is 0 Å². The number of aromatic amines is 1. The molecule has 0 amide bonds. The quantitative estimate of drug-likeness (QED) is 0.291. The molecule has 14 heteroatoms. The Kier molecular flexibility index (Phi) is 4.56. The molecule has 150 valence electrons. The Morgan fingerprint density at radius 1 is 1.57 bits per heavy atom. The molecule has 0 aliphatic carbocycles. The second-order valence-electron chi connectivity index (χ2n) is 6.42. The number of hydrogen-bond acceptors (Lipinski definition) is 8. The first-order valence-corrected chi connectivity index (χ1v) is 9.85. The Labute approximate surface area is 157 Å². The van der Waals surface area contributed by atoms with E-state index in [0.29, 0.717) is 11.2 Å². The number of aromatic nitrogens is 6. The van der Waals surface area contributed by atoms with Crippen molar-refractivity contribution in [2.75, 3.05) is 12.3 Å². The second kappa shape index (κ2) is 6.79. The Bertz CT molecular complexity index is 1110. The van der Waals surface area contributed by atoms with E-state index in [0.717, 1.165) is 10.7 Å². The fraction of sp³-hybridized carbons (Fsp3) is 0.429. The van der Waals surface area contributed by atoms with Crippen LogP contribution in [-0.2, 0) is 20.9 Å². The van der Waals surface area contributed by atoms with E-state index in [-0.39, 0.29) is 19.0 Å². The third kappa shape index (κ3) is 3.23. The van der Waals surface area contributed by atoms with Gasteiger partial charge in [0.1, 0.15) is 12.4 Å². The van der Waals surface area contributed by atoms with Crippen LogP contribution in [0.5, 0.6) is 0 Å². The minimum atomic E-state index is -4.14. The van der Waals surface area contributed by atoms with Gasteiger partial charge >= 0.3 is 13.4 Å². The molecule has 1 fully saturated rings. The van der Waals surface area contributed by atoms with Gasteiger partial charge < -0.3 is 20.5 Å². The summed E-state index contributed by atoms with van der Waals surface area (Å²) < 4.78 is 27.2. The zero-order valence-electron chi connectivity index (χ0n) is 14.7. The standard InChI is InChI=1S/C14H18N7O6P/c1-19-7-21(12-11(19)13(23)18-14(15)17-12)10-4-8(22)9(27-10)5-26-28(24,25)20-3-2-16-6-20/h2-3,6-10,22H,4-5H2,1H3,(H3-,15,17,18,23,24,25)/p+1/t8-,9+,10+/m0/s1. The van der Waals surface area contributed by atoms with Gasteiger partial charge in [-0.05, 0) is 0 Å². The molecular weight excluding hydrogens is 393 g/mol. The van der Waals surface area contributed by atoms with Crippen molar-refractivity contribution in [1.82, 2.24) is 23.9 Å². The first kappa shape index (κ1) is 18.8. The topological polar surface area (TPSA) is 174 Å². The Morgan fingerprint density at radius 3 is 3.07 bits per heavy atom. The lowest BCUT2D eigenvalue weighted by Gasteiger charge is -2.17. The molecule has 0 spiro atoms. The number of H-pyrrole nitrogens is 1. The molecule has 3 aromatic heterocycles. The van der Waals surface area contributed by atoms with Gasteiger partial charge in [0.25, 0.3) is 11.5 Å². The third-order valence-electron chi connectivity index (χ3n) is 4.49. The summed E-state index contributed by atoms with van der Waals surface area (Å²) in [5.74, 6) is -0.0440. The molecule has 1 unspecified atom stereocenters. The lowest BCUT2D eigenvalue weighted by Crippen LogP contribution is -2.39. The van der Waals surface area contributed by atoms with Gasteiger partial charge in [0.05, 0.1) is 19.8 Å². The lowest BCUT2D eigenvalue weighted by atomic mass is 10.2. The van der Waals surface area contributed by atoms with Gasteiger partial charge in [0.2, 0.25) is 5.52 Å². The van der Waals surface area contributed by atoms with Crippen LogP contribution in [0.15, 0.2) is 29.8 Å². The van der Waals surface area contributed by atoms with Crippen molar-refractivity contribution in [3.05, 3.63) is 35.4 Å². The normalized spacial score (nSPS) is 24.6. The maximum absolute atomic E-state index is 12.2. The molecule has 4 rings (SSSR count). The van der Waals surface area contributed by atoms with Crippen LogP contribution in [0.4, 0.5) is 5.95 Å². The molecule has 0 saturated carbocycles. The van der Waals surface area contributed by atoms with Crippen molar-refractivity contribution in [2.24, 2.45) is 7.05 Å². The van der Waals surface area contributed by atoms with E-state index in [1.165, 1.54) is 12.4 Å². The largest absolute Gasteiger partial charge is 0.437 e. The minimum absolute atomic E-state index is 0.0440. The summed E-state index contributed by atoms with van der Waals surface area (Å²) >= 11 is 0. The van der Waals surface area contributed by atoms with Crippen LogP contribution in [0, 0.1) is 0 Å². The molecule has 0 bridgehead atoms. The molecular formula is C14H19N7O6P+. The van der Waals surface area contributed by atoms with Crippen LogP contribution in [0.25, 0.3) is 11.2 Å². The summed E-state index contributed by atoms with van der Waals surface area (Å²) in [5.41, 5.74) is 5.83. The number of aliphatic hydroxyl groups is 1. The van der Waals surface area contributed by atoms with Gasteiger partial charge in [0, 0.05) is 18.8 Å². The number of fused-ring (bicyclic) bond motifs is 1. The molecule has 1 saturated heterocycles. The lowest BCUT2D eigenvalue weighted by molar-refractivity contribution is -0.739. The molecule has 28 heavy (non-hydrogen) atoms. The zero-order chi connectivity index (χ0) is 20.1. The Morgan fingerprint density at radius 2 is 2.36 bits per heavy atom. The van der Waals surface area contributed by atoms with E-state index in [1.807, 2.05) is 0 Å². The van der Waals surface area contributed by atoms with Gasteiger partial charge in [0.15, 0.2) is 12.6 Å². The number of ether oxygens (including phenoxy) is 1. The molecule has 3 aromatic rings. The fourth-order valence-electron chi connectivity index (χ4n) is 3.15. The number of hydrogen-bond donors (Lipinski definition) is 4.